The molecule has 84 valence electrons. The summed E-state index contributed by atoms with van der Waals surface area (Å²) in [6.07, 6.45) is 1.83. The van der Waals surface area contributed by atoms with E-state index in [0.717, 1.165) is 11.4 Å². The highest BCUT2D eigenvalue weighted by Crippen LogP contribution is 2.29. The van der Waals surface area contributed by atoms with Gasteiger partial charge < -0.3 is 9.64 Å². The van der Waals surface area contributed by atoms with Gasteiger partial charge in [0, 0.05) is 25.9 Å². The number of anilines is 1. The van der Waals surface area contributed by atoms with Gasteiger partial charge in [0.25, 0.3) is 0 Å². The number of nitrogens with zero attached hydrogens (tertiary/aromatic N) is 3. The highest BCUT2D eigenvalue weighted by Gasteiger charge is 2.21. The third-order valence-electron chi connectivity index (χ3n) is 2.16. The van der Waals surface area contributed by atoms with Gasteiger partial charge in [0.2, 0.25) is 0 Å². The fraction of sp³-hybridized carbons (Fsp3) is 0.636. The SMILES string of the molecule is COc1ncc(C(C)(C)C)c(N(C)C)n1. The number of methoxy groups -OCH3 is 1. The van der Waals surface area contributed by atoms with Gasteiger partial charge in [-0.1, -0.05) is 20.8 Å². The predicted molar refractivity (Wildman–Crippen MR) is 61.6 cm³/mol. The Labute approximate surface area is 91.3 Å². The summed E-state index contributed by atoms with van der Waals surface area (Å²) in [6, 6.07) is 0.409. The molecule has 15 heavy (non-hydrogen) atoms. The lowest BCUT2D eigenvalue weighted by Gasteiger charge is -2.24. The van der Waals surface area contributed by atoms with E-state index < -0.39 is 0 Å². The summed E-state index contributed by atoms with van der Waals surface area (Å²) < 4.78 is 5.02. The molecule has 0 aromatic carbocycles. The average Bonchev–Trinajstić information content (AvgIpc) is 2.15. The maximum absolute atomic E-state index is 5.02. The standard InChI is InChI=1S/C11H19N3O/c1-11(2,3)8-7-12-10(15-6)13-9(8)14(4)5/h7H,1-6H3. The second-order valence-electron chi connectivity index (χ2n) is 4.74. The fourth-order valence-corrected chi connectivity index (χ4v) is 1.33. The van der Waals surface area contributed by atoms with E-state index in [-0.39, 0.29) is 5.41 Å². The molecule has 0 aliphatic rings. The van der Waals surface area contributed by atoms with Crippen LogP contribution in [0.5, 0.6) is 6.01 Å². The number of aromatic nitrogens is 2. The first-order chi connectivity index (χ1) is 6.86. The molecule has 0 amide bonds. The van der Waals surface area contributed by atoms with E-state index in [4.69, 9.17) is 4.74 Å². The lowest BCUT2D eigenvalue weighted by Crippen LogP contribution is -2.21. The molecule has 1 rings (SSSR count). The maximum atomic E-state index is 5.02. The minimum atomic E-state index is 0.0336. The van der Waals surface area contributed by atoms with Crippen molar-refractivity contribution in [3.63, 3.8) is 0 Å². The molecule has 0 N–H and O–H groups in total. The Kier molecular flexibility index (Phi) is 3.17. The van der Waals surface area contributed by atoms with E-state index in [2.05, 4.69) is 30.7 Å². The van der Waals surface area contributed by atoms with Crippen LogP contribution in [-0.2, 0) is 5.41 Å². The molecule has 0 saturated carbocycles. The van der Waals surface area contributed by atoms with Gasteiger partial charge in [-0.25, -0.2) is 4.98 Å². The van der Waals surface area contributed by atoms with Crippen molar-refractivity contribution < 1.29 is 4.74 Å². The summed E-state index contributed by atoms with van der Waals surface area (Å²) in [4.78, 5) is 10.5. The van der Waals surface area contributed by atoms with Crippen LogP contribution in [-0.4, -0.2) is 31.2 Å². The lowest BCUT2D eigenvalue weighted by atomic mass is 9.88. The average molecular weight is 209 g/mol. The van der Waals surface area contributed by atoms with Gasteiger partial charge in [-0.05, 0) is 5.41 Å². The molecule has 4 nitrogen and oxygen atoms in total. The molecule has 4 heteroatoms. The number of hydrogen-bond acceptors (Lipinski definition) is 4. The topological polar surface area (TPSA) is 38.2 Å². The Morgan fingerprint density at radius 1 is 1.27 bits per heavy atom. The van der Waals surface area contributed by atoms with Crippen LogP contribution in [0.4, 0.5) is 5.82 Å². The normalized spacial score (nSPS) is 11.3. The fourth-order valence-electron chi connectivity index (χ4n) is 1.33. The number of hydrogen-bond donors (Lipinski definition) is 0. The van der Waals surface area contributed by atoms with Gasteiger partial charge in [-0.15, -0.1) is 0 Å². The molecule has 0 unspecified atom stereocenters. The zero-order chi connectivity index (χ0) is 11.6. The molecule has 0 radical (unpaired) electrons. The molecule has 0 bridgehead atoms. The molecule has 0 atom stereocenters. The van der Waals surface area contributed by atoms with Crippen LogP contribution in [0.3, 0.4) is 0 Å². The Bertz CT molecular complexity index is 342. The van der Waals surface area contributed by atoms with Crippen LogP contribution in [0.1, 0.15) is 26.3 Å². The summed E-state index contributed by atoms with van der Waals surface area (Å²) in [7, 11) is 5.51. The molecular weight excluding hydrogens is 190 g/mol. The van der Waals surface area contributed by atoms with Crippen molar-refractivity contribution in [1.82, 2.24) is 9.97 Å². The van der Waals surface area contributed by atoms with E-state index in [0.29, 0.717) is 6.01 Å². The third kappa shape index (κ3) is 2.58. The van der Waals surface area contributed by atoms with Crippen LogP contribution in [0.15, 0.2) is 6.20 Å². The zero-order valence-electron chi connectivity index (χ0n) is 10.3. The second-order valence-corrected chi connectivity index (χ2v) is 4.74. The van der Waals surface area contributed by atoms with Crippen LogP contribution < -0.4 is 9.64 Å². The van der Waals surface area contributed by atoms with E-state index >= 15 is 0 Å². The van der Waals surface area contributed by atoms with Gasteiger partial charge in [0.05, 0.1) is 7.11 Å². The molecule has 0 saturated heterocycles. The Hall–Kier alpha value is -1.32. The first-order valence-electron chi connectivity index (χ1n) is 4.95. The highest BCUT2D eigenvalue weighted by molar-refractivity contribution is 5.48. The molecule has 0 aliphatic heterocycles. The summed E-state index contributed by atoms with van der Waals surface area (Å²) in [5.41, 5.74) is 1.15. The molecule has 0 fully saturated rings. The van der Waals surface area contributed by atoms with Crippen LogP contribution in [0.2, 0.25) is 0 Å². The minimum Gasteiger partial charge on any atom is -0.467 e. The Morgan fingerprint density at radius 3 is 2.27 bits per heavy atom. The van der Waals surface area contributed by atoms with Crippen LogP contribution in [0, 0.1) is 0 Å². The smallest absolute Gasteiger partial charge is 0.318 e. The van der Waals surface area contributed by atoms with E-state index in [1.54, 1.807) is 7.11 Å². The van der Waals surface area contributed by atoms with Crippen molar-refractivity contribution in [3.05, 3.63) is 11.8 Å². The molecule has 1 aromatic heterocycles. The third-order valence-corrected chi connectivity index (χ3v) is 2.16. The van der Waals surface area contributed by atoms with Crippen molar-refractivity contribution in [2.24, 2.45) is 0 Å². The molecular formula is C11H19N3O. The van der Waals surface area contributed by atoms with E-state index in [1.807, 2.05) is 25.2 Å². The van der Waals surface area contributed by atoms with Gasteiger partial charge >= 0.3 is 6.01 Å². The summed E-state index contributed by atoms with van der Waals surface area (Å²) >= 11 is 0. The van der Waals surface area contributed by atoms with Crippen molar-refractivity contribution in [1.29, 1.82) is 0 Å². The summed E-state index contributed by atoms with van der Waals surface area (Å²) in [5, 5.41) is 0. The van der Waals surface area contributed by atoms with Gasteiger partial charge in [0.15, 0.2) is 0 Å². The van der Waals surface area contributed by atoms with Crippen LogP contribution >= 0.6 is 0 Å². The second kappa shape index (κ2) is 4.04. The van der Waals surface area contributed by atoms with Gasteiger partial charge in [-0.2, -0.15) is 4.98 Å². The Balaban J connectivity index is 3.28. The quantitative estimate of drug-likeness (QED) is 0.745. The van der Waals surface area contributed by atoms with Gasteiger partial charge in [0.1, 0.15) is 5.82 Å². The lowest BCUT2D eigenvalue weighted by molar-refractivity contribution is 0.378. The van der Waals surface area contributed by atoms with E-state index in [9.17, 15) is 0 Å². The van der Waals surface area contributed by atoms with Crippen molar-refractivity contribution in [3.8, 4) is 6.01 Å². The van der Waals surface area contributed by atoms with Crippen LogP contribution in [0.25, 0.3) is 0 Å². The van der Waals surface area contributed by atoms with Crippen molar-refractivity contribution in [2.45, 2.75) is 26.2 Å². The summed E-state index contributed by atoms with van der Waals surface area (Å²) in [5.74, 6) is 0.911. The minimum absolute atomic E-state index is 0.0336. The first-order valence-corrected chi connectivity index (χ1v) is 4.95. The van der Waals surface area contributed by atoms with Crippen molar-refractivity contribution >= 4 is 5.82 Å². The van der Waals surface area contributed by atoms with Gasteiger partial charge in [-0.3, -0.25) is 0 Å². The maximum Gasteiger partial charge on any atom is 0.318 e. The zero-order valence-corrected chi connectivity index (χ0v) is 10.3. The molecule has 1 aromatic rings. The number of rotatable bonds is 2. The monoisotopic (exact) mass is 209 g/mol. The highest BCUT2D eigenvalue weighted by atomic mass is 16.5. The van der Waals surface area contributed by atoms with E-state index in [1.165, 1.54) is 0 Å². The Morgan fingerprint density at radius 2 is 1.87 bits per heavy atom. The molecule has 0 aliphatic carbocycles. The molecule has 1 heterocycles. The first kappa shape index (κ1) is 11.8. The summed E-state index contributed by atoms with van der Waals surface area (Å²) in [6.45, 7) is 6.43. The predicted octanol–water partition coefficient (Wildman–Crippen LogP) is 1.85. The largest absolute Gasteiger partial charge is 0.467 e. The molecule has 0 spiro atoms. The number of ether oxygens (including phenoxy) is 1. The van der Waals surface area contributed by atoms with Crippen molar-refractivity contribution in [2.75, 3.05) is 26.1 Å².